The summed E-state index contributed by atoms with van der Waals surface area (Å²) in [5.74, 6) is -0.237. The number of aromatic nitrogens is 4. The second-order valence-electron chi connectivity index (χ2n) is 4.92. The molecule has 2 aromatic heterocycles. The summed E-state index contributed by atoms with van der Waals surface area (Å²) in [5, 5.41) is 4.35. The van der Waals surface area contributed by atoms with E-state index in [4.69, 9.17) is 17.0 Å². The number of methoxy groups -OCH3 is 1. The van der Waals surface area contributed by atoms with Gasteiger partial charge in [0.1, 0.15) is 11.6 Å². The van der Waals surface area contributed by atoms with E-state index < -0.39 is 6.04 Å². The predicted octanol–water partition coefficient (Wildman–Crippen LogP) is 2.11. The molecule has 0 aliphatic rings. The first-order valence-electron chi connectivity index (χ1n) is 6.10. The van der Waals surface area contributed by atoms with Gasteiger partial charge >= 0.3 is 5.97 Å². The van der Waals surface area contributed by atoms with Gasteiger partial charge in [0, 0.05) is 7.05 Å². The van der Waals surface area contributed by atoms with Crippen LogP contribution in [0.15, 0.2) is 0 Å². The highest BCUT2D eigenvalue weighted by atomic mass is 32.1. The Morgan fingerprint density at radius 1 is 1.47 bits per heavy atom. The van der Waals surface area contributed by atoms with Crippen LogP contribution in [0.1, 0.15) is 25.6 Å². The number of hydrogen-bond donors (Lipinski definition) is 1. The quantitative estimate of drug-likeness (QED) is 0.691. The van der Waals surface area contributed by atoms with Crippen molar-refractivity contribution >= 4 is 29.4 Å². The third-order valence-electron chi connectivity index (χ3n) is 3.22. The molecule has 1 atom stereocenters. The fraction of sp³-hybridized carbons (Fsp3) is 0.583. The van der Waals surface area contributed by atoms with E-state index in [1.165, 1.54) is 7.11 Å². The molecular weight excluding hydrogens is 264 g/mol. The SMILES string of the molecule is COC(=O)C(C(C)C)n1c(=S)[nH]c2c(C)nn(C)c21. The number of nitrogens with one attached hydrogen (secondary N) is 1. The number of fused-ring (bicyclic) bond motifs is 1. The minimum absolute atomic E-state index is 0.0633. The molecule has 1 N–H and O–H groups in total. The molecule has 6 nitrogen and oxygen atoms in total. The van der Waals surface area contributed by atoms with Gasteiger partial charge in [0.05, 0.1) is 12.8 Å². The fourth-order valence-electron chi connectivity index (χ4n) is 2.39. The monoisotopic (exact) mass is 282 g/mol. The van der Waals surface area contributed by atoms with E-state index in [1.54, 1.807) is 9.25 Å². The number of rotatable bonds is 3. The molecule has 0 radical (unpaired) electrons. The molecule has 104 valence electrons. The summed E-state index contributed by atoms with van der Waals surface area (Å²) in [7, 11) is 3.22. The Hall–Kier alpha value is -1.63. The lowest BCUT2D eigenvalue weighted by atomic mass is 10.0. The van der Waals surface area contributed by atoms with E-state index in [2.05, 4.69) is 10.1 Å². The van der Waals surface area contributed by atoms with Crippen LogP contribution in [0, 0.1) is 17.6 Å². The van der Waals surface area contributed by atoms with E-state index in [0.717, 1.165) is 16.9 Å². The maximum atomic E-state index is 12.0. The van der Waals surface area contributed by atoms with Crippen molar-refractivity contribution in [3.05, 3.63) is 10.5 Å². The highest BCUT2D eigenvalue weighted by molar-refractivity contribution is 7.71. The molecule has 0 fully saturated rings. The van der Waals surface area contributed by atoms with Gasteiger partial charge in [-0.1, -0.05) is 13.8 Å². The van der Waals surface area contributed by atoms with Crippen LogP contribution in [0.2, 0.25) is 0 Å². The average molecular weight is 282 g/mol. The van der Waals surface area contributed by atoms with Crippen molar-refractivity contribution in [3.8, 4) is 0 Å². The highest BCUT2D eigenvalue weighted by Gasteiger charge is 2.29. The number of aryl methyl sites for hydroxylation is 2. The van der Waals surface area contributed by atoms with Gasteiger partial charge in [0.15, 0.2) is 10.4 Å². The molecule has 2 heterocycles. The van der Waals surface area contributed by atoms with E-state index in [0.29, 0.717) is 4.77 Å². The predicted molar refractivity (Wildman–Crippen MR) is 74.5 cm³/mol. The number of esters is 1. The molecule has 0 saturated heterocycles. The summed E-state index contributed by atoms with van der Waals surface area (Å²) in [6.45, 7) is 5.83. The molecule has 1 unspecified atom stereocenters. The lowest BCUT2D eigenvalue weighted by Gasteiger charge is -2.20. The Morgan fingerprint density at radius 2 is 2.11 bits per heavy atom. The van der Waals surface area contributed by atoms with Crippen molar-refractivity contribution < 1.29 is 9.53 Å². The summed E-state index contributed by atoms with van der Waals surface area (Å²) in [6.07, 6.45) is 0. The van der Waals surface area contributed by atoms with Crippen LogP contribution < -0.4 is 0 Å². The summed E-state index contributed by atoms with van der Waals surface area (Å²) < 4.78 is 8.93. The van der Waals surface area contributed by atoms with Gasteiger partial charge in [-0.3, -0.25) is 9.25 Å². The molecule has 0 saturated carbocycles. The van der Waals surface area contributed by atoms with Crippen LogP contribution >= 0.6 is 12.2 Å². The number of hydrogen-bond acceptors (Lipinski definition) is 4. The number of ether oxygens (including phenoxy) is 1. The largest absolute Gasteiger partial charge is 0.467 e. The Kier molecular flexibility index (Phi) is 3.49. The topological polar surface area (TPSA) is 64.8 Å². The second kappa shape index (κ2) is 4.80. The first-order valence-corrected chi connectivity index (χ1v) is 6.51. The van der Waals surface area contributed by atoms with Crippen LogP contribution in [0.5, 0.6) is 0 Å². The number of carbonyl (C=O) groups excluding carboxylic acids is 1. The molecule has 2 aromatic rings. The Bertz CT molecular complexity index is 680. The summed E-state index contributed by atoms with van der Waals surface area (Å²) in [5.41, 5.74) is 2.53. The molecule has 0 aliphatic heterocycles. The number of H-pyrrole nitrogens is 1. The molecule has 7 heteroatoms. The van der Waals surface area contributed by atoms with E-state index in [1.807, 2.05) is 27.8 Å². The lowest BCUT2D eigenvalue weighted by molar-refractivity contribution is -0.145. The molecule has 2 rings (SSSR count). The van der Waals surface area contributed by atoms with Gasteiger partial charge in [-0.25, -0.2) is 4.79 Å². The molecule has 0 spiro atoms. The van der Waals surface area contributed by atoms with Crippen LogP contribution in [-0.4, -0.2) is 32.4 Å². The average Bonchev–Trinajstić information content (AvgIpc) is 2.79. The van der Waals surface area contributed by atoms with Crippen molar-refractivity contribution in [2.45, 2.75) is 26.8 Å². The maximum Gasteiger partial charge on any atom is 0.329 e. The van der Waals surface area contributed by atoms with Gasteiger partial charge in [0.25, 0.3) is 0 Å². The molecular formula is C12H18N4O2S. The van der Waals surface area contributed by atoms with Gasteiger partial charge in [-0.2, -0.15) is 5.10 Å². The minimum atomic E-state index is -0.457. The zero-order chi connectivity index (χ0) is 14.3. The van der Waals surface area contributed by atoms with Crippen LogP contribution in [0.25, 0.3) is 11.2 Å². The number of aromatic amines is 1. The molecule has 0 aromatic carbocycles. The number of carbonyl (C=O) groups is 1. The highest BCUT2D eigenvalue weighted by Crippen LogP contribution is 2.26. The van der Waals surface area contributed by atoms with E-state index in [-0.39, 0.29) is 11.9 Å². The van der Waals surface area contributed by atoms with Crippen LogP contribution in [0.4, 0.5) is 0 Å². The van der Waals surface area contributed by atoms with Crippen LogP contribution in [0.3, 0.4) is 0 Å². The maximum absolute atomic E-state index is 12.0. The first kappa shape index (κ1) is 13.8. The third-order valence-corrected chi connectivity index (χ3v) is 3.52. The van der Waals surface area contributed by atoms with Crippen molar-refractivity contribution in [2.75, 3.05) is 7.11 Å². The van der Waals surface area contributed by atoms with E-state index in [9.17, 15) is 4.79 Å². The van der Waals surface area contributed by atoms with Crippen molar-refractivity contribution in [3.63, 3.8) is 0 Å². The van der Waals surface area contributed by atoms with Gasteiger partial charge < -0.3 is 9.72 Å². The van der Waals surface area contributed by atoms with Crippen LogP contribution in [-0.2, 0) is 16.6 Å². The standard InChI is InChI=1S/C12H18N4O2S/c1-6(2)9(11(17)18-5)16-10-8(13-12(16)19)7(3)14-15(10)4/h6,9H,1-5H3,(H,13,19). The molecule has 0 aliphatic carbocycles. The van der Waals surface area contributed by atoms with Gasteiger partial charge in [-0.15, -0.1) is 0 Å². The Morgan fingerprint density at radius 3 is 2.63 bits per heavy atom. The van der Waals surface area contributed by atoms with Crippen molar-refractivity contribution in [1.29, 1.82) is 0 Å². The molecule has 0 amide bonds. The summed E-state index contributed by atoms with van der Waals surface area (Å²) in [4.78, 5) is 15.2. The normalized spacial score (nSPS) is 13.2. The minimum Gasteiger partial charge on any atom is -0.467 e. The zero-order valence-electron chi connectivity index (χ0n) is 11.7. The number of imidazole rings is 1. The van der Waals surface area contributed by atoms with Crippen molar-refractivity contribution in [2.24, 2.45) is 13.0 Å². The smallest absolute Gasteiger partial charge is 0.329 e. The van der Waals surface area contributed by atoms with Gasteiger partial charge in [-0.05, 0) is 25.1 Å². The fourth-order valence-corrected chi connectivity index (χ4v) is 2.69. The Balaban J connectivity index is 2.76. The summed E-state index contributed by atoms with van der Waals surface area (Å²) in [6, 6.07) is -0.457. The number of nitrogens with zero attached hydrogens (tertiary/aromatic N) is 3. The summed E-state index contributed by atoms with van der Waals surface area (Å²) >= 11 is 5.35. The van der Waals surface area contributed by atoms with Crippen molar-refractivity contribution in [1.82, 2.24) is 19.3 Å². The zero-order valence-corrected chi connectivity index (χ0v) is 12.5. The Labute approximate surface area is 116 Å². The first-order chi connectivity index (χ1) is 8.88. The van der Waals surface area contributed by atoms with E-state index >= 15 is 0 Å². The molecule has 19 heavy (non-hydrogen) atoms. The lowest BCUT2D eigenvalue weighted by Crippen LogP contribution is -2.26. The molecule has 0 bridgehead atoms. The third kappa shape index (κ3) is 2.07. The van der Waals surface area contributed by atoms with Gasteiger partial charge in [0.2, 0.25) is 0 Å². The second-order valence-corrected chi connectivity index (χ2v) is 5.31.